The summed E-state index contributed by atoms with van der Waals surface area (Å²) in [5.74, 6) is 0.680. The highest BCUT2D eigenvalue weighted by atomic mass is 16.5. The molecule has 0 saturated carbocycles. The van der Waals surface area contributed by atoms with Crippen LogP contribution in [0.15, 0.2) is 24.3 Å². The Kier molecular flexibility index (Phi) is 6.32. The molecule has 0 saturated heterocycles. The van der Waals surface area contributed by atoms with E-state index in [1.54, 1.807) is 31.0 Å². The van der Waals surface area contributed by atoms with Crippen molar-refractivity contribution in [2.45, 2.75) is 20.0 Å². The first kappa shape index (κ1) is 15.5. The summed E-state index contributed by atoms with van der Waals surface area (Å²) in [6.07, 6.45) is -0.441. The van der Waals surface area contributed by atoms with E-state index in [9.17, 15) is 9.90 Å². The van der Waals surface area contributed by atoms with Crippen molar-refractivity contribution in [2.75, 3.05) is 32.1 Å². The molecule has 1 aromatic rings. The fourth-order valence-electron chi connectivity index (χ4n) is 1.76. The summed E-state index contributed by atoms with van der Waals surface area (Å²) in [5, 5.41) is 12.0. The average molecular weight is 266 g/mol. The van der Waals surface area contributed by atoms with Crippen LogP contribution in [-0.4, -0.2) is 48.8 Å². The topological polar surface area (TPSA) is 61.8 Å². The quantitative estimate of drug-likeness (QED) is 0.781. The number of aliphatic hydroxyl groups excluding tert-OH is 1. The van der Waals surface area contributed by atoms with Gasteiger partial charge < -0.3 is 15.2 Å². The number of hydrogen-bond donors (Lipinski definition) is 2. The zero-order valence-electron chi connectivity index (χ0n) is 11.7. The number of carbonyl (C=O) groups excluding carboxylic acids is 1. The maximum absolute atomic E-state index is 11.7. The number of likely N-dealkylation sites (N-methyl/N-ethyl adjacent to an activating group) is 1. The van der Waals surface area contributed by atoms with Crippen molar-refractivity contribution >= 4 is 11.6 Å². The number of carbonyl (C=O) groups is 1. The minimum atomic E-state index is -0.441. The molecule has 1 aromatic carbocycles. The smallest absolute Gasteiger partial charge is 0.238 e. The van der Waals surface area contributed by atoms with Crippen LogP contribution in [0.5, 0.6) is 5.75 Å². The van der Waals surface area contributed by atoms with Crippen LogP contribution in [0.2, 0.25) is 0 Å². The number of rotatable bonds is 7. The van der Waals surface area contributed by atoms with Crippen LogP contribution in [0.3, 0.4) is 0 Å². The summed E-state index contributed by atoms with van der Waals surface area (Å²) >= 11 is 0. The molecular formula is C14H22N2O3. The molecule has 19 heavy (non-hydrogen) atoms. The van der Waals surface area contributed by atoms with Gasteiger partial charge in [0, 0.05) is 12.2 Å². The lowest BCUT2D eigenvalue weighted by Gasteiger charge is -2.17. The molecule has 1 atom stereocenters. The normalized spacial score (nSPS) is 12.3. The summed E-state index contributed by atoms with van der Waals surface area (Å²) < 4.78 is 5.33. The molecule has 0 fully saturated rings. The van der Waals surface area contributed by atoms with Gasteiger partial charge in [-0.2, -0.15) is 0 Å². The minimum Gasteiger partial charge on any atom is -0.494 e. The lowest BCUT2D eigenvalue weighted by Crippen LogP contribution is -2.34. The van der Waals surface area contributed by atoms with Crippen LogP contribution in [0.25, 0.3) is 0 Å². The molecule has 0 heterocycles. The largest absolute Gasteiger partial charge is 0.494 e. The summed E-state index contributed by atoms with van der Waals surface area (Å²) in [4.78, 5) is 13.5. The Balaban J connectivity index is 2.43. The van der Waals surface area contributed by atoms with Gasteiger partial charge in [0.25, 0.3) is 0 Å². The molecule has 0 aromatic heterocycles. The Bertz CT molecular complexity index is 390. The average Bonchev–Trinajstić information content (AvgIpc) is 2.30. The molecule has 5 nitrogen and oxygen atoms in total. The number of aliphatic hydroxyl groups is 1. The van der Waals surface area contributed by atoms with E-state index in [0.717, 1.165) is 11.4 Å². The second-order valence-electron chi connectivity index (χ2n) is 4.55. The first-order valence-corrected chi connectivity index (χ1v) is 6.40. The summed E-state index contributed by atoms with van der Waals surface area (Å²) in [5.41, 5.74) is 0.735. The van der Waals surface area contributed by atoms with E-state index in [1.165, 1.54) is 0 Å². The zero-order chi connectivity index (χ0) is 14.3. The van der Waals surface area contributed by atoms with Gasteiger partial charge in [-0.3, -0.25) is 9.69 Å². The van der Waals surface area contributed by atoms with Crippen LogP contribution >= 0.6 is 0 Å². The molecule has 0 aliphatic heterocycles. The third-order valence-electron chi connectivity index (χ3n) is 2.44. The van der Waals surface area contributed by atoms with E-state index < -0.39 is 6.10 Å². The molecule has 0 radical (unpaired) electrons. The number of anilines is 1. The highest BCUT2D eigenvalue weighted by Gasteiger charge is 2.08. The van der Waals surface area contributed by atoms with Crippen molar-refractivity contribution in [3.8, 4) is 5.75 Å². The van der Waals surface area contributed by atoms with Gasteiger partial charge in [0.2, 0.25) is 5.91 Å². The van der Waals surface area contributed by atoms with Crippen LogP contribution in [0, 0.1) is 0 Å². The highest BCUT2D eigenvalue weighted by molar-refractivity contribution is 5.92. The minimum absolute atomic E-state index is 0.104. The number of nitrogens with zero attached hydrogens (tertiary/aromatic N) is 1. The standard InChI is InChI=1S/C14H22N2O3/c1-4-19-13-7-5-12(6-8-13)15-14(18)10-16(3)9-11(2)17/h5-8,11,17H,4,9-10H2,1-3H3,(H,15,18). The molecular weight excluding hydrogens is 244 g/mol. The van der Waals surface area contributed by atoms with Crippen molar-refractivity contribution in [1.82, 2.24) is 4.90 Å². The fourth-order valence-corrected chi connectivity index (χ4v) is 1.76. The van der Waals surface area contributed by atoms with Gasteiger partial charge in [-0.1, -0.05) is 0 Å². The van der Waals surface area contributed by atoms with Crippen LogP contribution in [0.1, 0.15) is 13.8 Å². The second kappa shape index (κ2) is 7.76. The fraction of sp³-hybridized carbons (Fsp3) is 0.500. The van der Waals surface area contributed by atoms with E-state index in [1.807, 2.05) is 19.1 Å². The highest BCUT2D eigenvalue weighted by Crippen LogP contribution is 2.15. The molecule has 1 amide bonds. The number of amides is 1. The Morgan fingerprint density at radius 2 is 2.05 bits per heavy atom. The SMILES string of the molecule is CCOc1ccc(NC(=O)CN(C)CC(C)O)cc1. The van der Waals surface area contributed by atoms with Crippen LogP contribution < -0.4 is 10.1 Å². The lowest BCUT2D eigenvalue weighted by atomic mass is 10.3. The van der Waals surface area contributed by atoms with Gasteiger partial charge in [0.05, 0.1) is 19.3 Å². The third-order valence-corrected chi connectivity index (χ3v) is 2.44. The molecule has 0 bridgehead atoms. The van der Waals surface area contributed by atoms with Crippen molar-refractivity contribution < 1.29 is 14.6 Å². The molecule has 0 aliphatic carbocycles. The van der Waals surface area contributed by atoms with Gasteiger partial charge in [0.15, 0.2) is 0 Å². The van der Waals surface area contributed by atoms with Gasteiger partial charge in [0.1, 0.15) is 5.75 Å². The first-order chi connectivity index (χ1) is 9.01. The Morgan fingerprint density at radius 1 is 1.42 bits per heavy atom. The summed E-state index contributed by atoms with van der Waals surface area (Å²) in [7, 11) is 1.80. The van der Waals surface area contributed by atoms with E-state index in [2.05, 4.69) is 5.32 Å². The van der Waals surface area contributed by atoms with E-state index in [0.29, 0.717) is 13.2 Å². The van der Waals surface area contributed by atoms with Crippen LogP contribution in [0.4, 0.5) is 5.69 Å². The van der Waals surface area contributed by atoms with Crippen molar-refractivity contribution in [3.05, 3.63) is 24.3 Å². The number of nitrogens with one attached hydrogen (secondary N) is 1. The predicted molar refractivity (Wildman–Crippen MR) is 75.4 cm³/mol. The number of ether oxygens (including phenoxy) is 1. The maximum Gasteiger partial charge on any atom is 0.238 e. The van der Waals surface area contributed by atoms with Gasteiger partial charge >= 0.3 is 0 Å². The van der Waals surface area contributed by atoms with E-state index in [-0.39, 0.29) is 12.5 Å². The number of hydrogen-bond acceptors (Lipinski definition) is 4. The van der Waals surface area contributed by atoms with Crippen LogP contribution in [-0.2, 0) is 4.79 Å². The van der Waals surface area contributed by atoms with Gasteiger partial charge in [-0.25, -0.2) is 0 Å². The van der Waals surface area contributed by atoms with Crippen molar-refractivity contribution in [1.29, 1.82) is 0 Å². The van der Waals surface area contributed by atoms with E-state index >= 15 is 0 Å². The molecule has 1 rings (SSSR count). The summed E-state index contributed by atoms with van der Waals surface area (Å²) in [6, 6.07) is 7.24. The molecule has 2 N–H and O–H groups in total. The maximum atomic E-state index is 11.7. The van der Waals surface area contributed by atoms with Gasteiger partial charge in [-0.15, -0.1) is 0 Å². The first-order valence-electron chi connectivity index (χ1n) is 6.40. The third kappa shape index (κ3) is 6.22. The molecule has 5 heteroatoms. The molecule has 106 valence electrons. The molecule has 0 aliphatic rings. The van der Waals surface area contributed by atoms with Gasteiger partial charge in [-0.05, 0) is 45.2 Å². The molecule has 1 unspecified atom stereocenters. The Morgan fingerprint density at radius 3 is 2.58 bits per heavy atom. The zero-order valence-corrected chi connectivity index (χ0v) is 11.7. The van der Waals surface area contributed by atoms with Crippen molar-refractivity contribution in [3.63, 3.8) is 0 Å². The van der Waals surface area contributed by atoms with E-state index in [4.69, 9.17) is 4.74 Å². The summed E-state index contributed by atoms with van der Waals surface area (Å²) in [6.45, 7) is 4.96. The second-order valence-corrected chi connectivity index (χ2v) is 4.55. The van der Waals surface area contributed by atoms with Crippen molar-refractivity contribution in [2.24, 2.45) is 0 Å². The monoisotopic (exact) mass is 266 g/mol. The molecule has 0 spiro atoms. The Hall–Kier alpha value is -1.59. The Labute approximate surface area is 114 Å². The number of benzene rings is 1. The predicted octanol–water partition coefficient (Wildman–Crippen LogP) is 1.34. The lowest BCUT2D eigenvalue weighted by molar-refractivity contribution is -0.117.